The van der Waals surface area contributed by atoms with Gasteiger partial charge in [0.05, 0.1) is 16.8 Å². The maximum absolute atomic E-state index is 12.4. The summed E-state index contributed by atoms with van der Waals surface area (Å²) in [5.74, 6) is 0.605. The fourth-order valence-corrected chi connectivity index (χ4v) is 3.80. The molecule has 5 nitrogen and oxygen atoms in total. The largest absolute Gasteiger partial charge is 0.340 e. The Kier molecular flexibility index (Phi) is 5.15. The van der Waals surface area contributed by atoms with Gasteiger partial charge in [-0.15, -0.1) is 0 Å². The van der Waals surface area contributed by atoms with Crippen LogP contribution in [0.3, 0.4) is 0 Å². The second kappa shape index (κ2) is 7.35. The van der Waals surface area contributed by atoms with E-state index >= 15 is 0 Å². The van der Waals surface area contributed by atoms with Crippen LogP contribution >= 0.6 is 11.6 Å². The van der Waals surface area contributed by atoms with Crippen LogP contribution in [-0.2, 0) is 10.0 Å². The van der Waals surface area contributed by atoms with E-state index in [1.54, 1.807) is 36.4 Å². The zero-order chi connectivity index (χ0) is 18.7. The van der Waals surface area contributed by atoms with Gasteiger partial charge in [-0.05, 0) is 67.4 Å². The SMILES string of the molecule is Cc1cccc(S(=O)(=O)Nc2ccc(Nc3ccc(Cl)cc3C)nc2)c1. The van der Waals surface area contributed by atoms with Crippen molar-refractivity contribution >= 4 is 38.8 Å². The zero-order valence-corrected chi connectivity index (χ0v) is 15.9. The smallest absolute Gasteiger partial charge is 0.261 e. The van der Waals surface area contributed by atoms with E-state index in [-0.39, 0.29) is 4.90 Å². The Bertz CT molecular complexity index is 1030. The second-order valence-electron chi connectivity index (χ2n) is 5.94. The summed E-state index contributed by atoms with van der Waals surface area (Å²) in [6.45, 7) is 3.79. The lowest BCUT2D eigenvalue weighted by Crippen LogP contribution is -2.13. The first kappa shape index (κ1) is 18.2. The molecular formula is C19H18ClN3O2S. The van der Waals surface area contributed by atoms with Crippen LogP contribution in [0.25, 0.3) is 0 Å². The van der Waals surface area contributed by atoms with Crippen molar-refractivity contribution < 1.29 is 8.42 Å². The van der Waals surface area contributed by atoms with Crippen molar-refractivity contribution in [1.82, 2.24) is 4.98 Å². The molecular weight excluding hydrogens is 370 g/mol. The first-order valence-electron chi connectivity index (χ1n) is 7.92. The number of rotatable bonds is 5. The number of halogens is 1. The molecule has 0 radical (unpaired) electrons. The predicted octanol–water partition coefficient (Wildman–Crippen LogP) is 4.90. The average Bonchev–Trinajstić information content (AvgIpc) is 2.59. The molecule has 0 unspecified atom stereocenters. The third kappa shape index (κ3) is 4.33. The van der Waals surface area contributed by atoms with Gasteiger partial charge in [0.1, 0.15) is 5.82 Å². The molecule has 0 aliphatic heterocycles. The average molecular weight is 388 g/mol. The number of hydrogen-bond acceptors (Lipinski definition) is 4. The van der Waals surface area contributed by atoms with Gasteiger partial charge in [0.25, 0.3) is 10.0 Å². The summed E-state index contributed by atoms with van der Waals surface area (Å²) in [4.78, 5) is 4.48. The van der Waals surface area contributed by atoms with Crippen molar-refractivity contribution in [3.05, 3.63) is 76.9 Å². The summed E-state index contributed by atoms with van der Waals surface area (Å²) in [5.41, 5.74) is 3.15. The highest BCUT2D eigenvalue weighted by Gasteiger charge is 2.14. The van der Waals surface area contributed by atoms with Crippen LogP contribution in [0.4, 0.5) is 17.2 Å². The van der Waals surface area contributed by atoms with E-state index in [9.17, 15) is 8.42 Å². The third-order valence-electron chi connectivity index (χ3n) is 3.77. The Morgan fingerprint density at radius 3 is 2.46 bits per heavy atom. The summed E-state index contributed by atoms with van der Waals surface area (Å²) >= 11 is 5.95. The quantitative estimate of drug-likeness (QED) is 0.653. The molecule has 0 saturated heterocycles. The first-order chi connectivity index (χ1) is 12.3. The normalized spacial score (nSPS) is 11.2. The van der Waals surface area contributed by atoms with Gasteiger partial charge in [0, 0.05) is 10.7 Å². The molecule has 0 saturated carbocycles. The Hall–Kier alpha value is -2.57. The molecule has 7 heteroatoms. The van der Waals surface area contributed by atoms with Crippen molar-refractivity contribution in [3.8, 4) is 0 Å². The summed E-state index contributed by atoms with van der Waals surface area (Å²) in [5, 5.41) is 3.85. The minimum absolute atomic E-state index is 0.219. The van der Waals surface area contributed by atoms with Crippen LogP contribution in [-0.4, -0.2) is 13.4 Å². The first-order valence-corrected chi connectivity index (χ1v) is 9.78. The van der Waals surface area contributed by atoms with Crippen molar-refractivity contribution in [1.29, 1.82) is 0 Å². The number of aryl methyl sites for hydroxylation is 2. The monoisotopic (exact) mass is 387 g/mol. The molecule has 0 fully saturated rings. The topological polar surface area (TPSA) is 71.1 Å². The van der Waals surface area contributed by atoms with Crippen molar-refractivity contribution in [3.63, 3.8) is 0 Å². The summed E-state index contributed by atoms with van der Waals surface area (Å²) in [6.07, 6.45) is 1.47. The number of sulfonamides is 1. The van der Waals surface area contributed by atoms with Gasteiger partial charge in [-0.2, -0.15) is 0 Å². The van der Waals surface area contributed by atoms with E-state index in [1.807, 2.05) is 32.0 Å². The van der Waals surface area contributed by atoms with E-state index in [2.05, 4.69) is 15.0 Å². The molecule has 3 aromatic rings. The third-order valence-corrected chi connectivity index (χ3v) is 5.38. The molecule has 26 heavy (non-hydrogen) atoms. The van der Waals surface area contributed by atoms with E-state index in [4.69, 9.17) is 11.6 Å². The molecule has 0 aliphatic carbocycles. The number of nitrogens with one attached hydrogen (secondary N) is 2. The minimum atomic E-state index is -3.64. The molecule has 0 bridgehead atoms. The van der Waals surface area contributed by atoms with Crippen LogP contribution < -0.4 is 10.0 Å². The number of anilines is 3. The molecule has 2 N–H and O–H groups in total. The van der Waals surface area contributed by atoms with Crippen molar-refractivity contribution in [2.75, 3.05) is 10.0 Å². The fraction of sp³-hybridized carbons (Fsp3) is 0.105. The van der Waals surface area contributed by atoms with Crippen LogP contribution in [0, 0.1) is 13.8 Å². The molecule has 134 valence electrons. The van der Waals surface area contributed by atoms with Gasteiger partial charge in [-0.3, -0.25) is 4.72 Å². The molecule has 1 heterocycles. The van der Waals surface area contributed by atoms with E-state index in [0.717, 1.165) is 16.8 Å². The highest BCUT2D eigenvalue weighted by atomic mass is 35.5. The van der Waals surface area contributed by atoms with E-state index < -0.39 is 10.0 Å². The van der Waals surface area contributed by atoms with E-state index in [1.165, 1.54) is 6.20 Å². The summed E-state index contributed by atoms with van der Waals surface area (Å²) in [7, 11) is -3.64. The van der Waals surface area contributed by atoms with Crippen molar-refractivity contribution in [2.45, 2.75) is 18.7 Å². The standard InChI is InChI=1S/C19H18ClN3O2S/c1-13-4-3-5-17(10-13)26(24,25)23-16-7-9-19(21-12-16)22-18-8-6-15(20)11-14(18)2/h3-12,23H,1-2H3,(H,21,22). The van der Waals surface area contributed by atoms with Crippen LogP contribution in [0.2, 0.25) is 5.02 Å². The van der Waals surface area contributed by atoms with Gasteiger partial charge < -0.3 is 5.32 Å². The van der Waals surface area contributed by atoms with Gasteiger partial charge in [0.15, 0.2) is 0 Å². The second-order valence-corrected chi connectivity index (χ2v) is 8.06. The summed E-state index contributed by atoms with van der Waals surface area (Å²) < 4.78 is 27.4. The lowest BCUT2D eigenvalue weighted by molar-refractivity contribution is 0.601. The molecule has 2 aromatic carbocycles. The predicted molar refractivity (Wildman–Crippen MR) is 106 cm³/mol. The van der Waals surface area contributed by atoms with Gasteiger partial charge >= 0.3 is 0 Å². The molecule has 0 aliphatic rings. The highest BCUT2D eigenvalue weighted by Crippen LogP contribution is 2.23. The lowest BCUT2D eigenvalue weighted by Gasteiger charge is -2.11. The molecule has 0 atom stereocenters. The number of hydrogen-bond donors (Lipinski definition) is 2. The number of aromatic nitrogens is 1. The van der Waals surface area contributed by atoms with Gasteiger partial charge in [-0.1, -0.05) is 23.7 Å². The summed E-state index contributed by atoms with van der Waals surface area (Å²) in [6, 6.07) is 15.6. The number of benzene rings is 2. The molecule has 3 rings (SSSR count). The lowest BCUT2D eigenvalue weighted by atomic mass is 10.2. The molecule has 0 spiro atoms. The van der Waals surface area contributed by atoms with Crippen molar-refractivity contribution in [2.24, 2.45) is 0 Å². The maximum Gasteiger partial charge on any atom is 0.261 e. The zero-order valence-electron chi connectivity index (χ0n) is 14.3. The maximum atomic E-state index is 12.4. The molecule has 1 aromatic heterocycles. The number of pyridine rings is 1. The number of nitrogens with zero attached hydrogens (tertiary/aromatic N) is 1. The Balaban J connectivity index is 1.75. The Labute approximate surface area is 158 Å². The Morgan fingerprint density at radius 2 is 1.81 bits per heavy atom. The fourth-order valence-electron chi connectivity index (χ4n) is 2.43. The van der Waals surface area contributed by atoms with Crippen LogP contribution in [0.15, 0.2) is 65.7 Å². The van der Waals surface area contributed by atoms with Gasteiger partial charge in [0.2, 0.25) is 0 Å². The van der Waals surface area contributed by atoms with Crippen LogP contribution in [0.5, 0.6) is 0 Å². The van der Waals surface area contributed by atoms with E-state index in [0.29, 0.717) is 16.5 Å². The minimum Gasteiger partial charge on any atom is -0.340 e. The van der Waals surface area contributed by atoms with Gasteiger partial charge in [-0.25, -0.2) is 13.4 Å². The molecule has 0 amide bonds. The Morgan fingerprint density at radius 1 is 1.00 bits per heavy atom. The van der Waals surface area contributed by atoms with Crippen LogP contribution in [0.1, 0.15) is 11.1 Å². The highest BCUT2D eigenvalue weighted by molar-refractivity contribution is 7.92.